The van der Waals surface area contributed by atoms with Gasteiger partial charge >= 0.3 is 18.3 Å². The lowest BCUT2D eigenvalue weighted by Gasteiger charge is -2.44. The number of rotatable bonds is 26. The van der Waals surface area contributed by atoms with Crippen molar-refractivity contribution in [3.05, 3.63) is 138 Å². The smallest absolute Gasteiger partial charge is 0.416 e. The molecule has 96 heavy (non-hydrogen) atoms. The number of ether oxygens (including phenoxy) is 7. The molecule has 0 saturated carbocycles. The number of amides is 7. The molecule has 0 fully saturated rings. The van der Waals surface area contributed by atoms with E-state index in [0.717, 1.165) is 11.1 Å². The molecule has 1 unspecified atom stereocenters. The van der Waals surface area contributed by atoms with Crippen molar-refractivity contribution in [3.63, 3.8) is 0 Å². The van der Waals surface area contributed by atoms with Crippen LogP contribution in [0.2, 0.25) is 36.3 Å². The van der Waals surface area contributed by atoms with E-state index in [9.17, 15) is 28.8 Å². The van der Waals surface area contributed by atoms with Crippen LogP contribution in [0.5, 0.6) is 23.0 Å². The number of methoxy groups -OCH3 is 2. The van der Waals surface area contributed by atoms with Crippen LogP contribution in [-0.2, 0) is 39.3 Å². The number of carbonyl (C=O) groups is 7. The predicted octanol–water partition coefficient (Wildman–Crippen LogP) is 12.9. The molecule has 0 aromatic heterocycles. The summed E-state index contributed by atoms with van der Waals surface area (Å²) < 4.78 is 55.9. The Balaban J connectivity index is 1.15. The van der Waals surface area contributed by atoms with Crippen molar-refractivity contribution in [2.24, 2.45) is 5.92 Å². The lowest BCUT2D eigenvalue weighted by Crippen LogP contribution is -2.57. The molecule has 3 aromatic rings. The minimum Gasteiger partial charge on any atom is -0.493 e. The molecule has 3 aromatic carbocycles. The summed E-state index contributed by atoms with van der Waals surface area (Å²) in [5.41, 5.74) is 3.36. The zero-order valence-corrected chi connectivity index (χ0v) is 60.7. The third-order valence-corrected chi connectivity index (χ3v) is 27.0. The number of allylic oxidation sites excluding steroid dienone is 3. The van der Waals surface area contributed by atoms with Crippen LogP contribution in [0.15, 0.2) is 122 Å². The number of fused-ring (bicyclic) bond motifs is 4. The molecule has 0 radical (unpaired) electrons. The summed E-state index contributed by atoms with van der Waals surface area (Å²) in [6, 6.07) is 9.65. The summed E-state index contributed by atoms with van der Waals surface area (Å²) >= 11 is 0. The van der Waals surface area contributed by atoms with Crippen molar-refractivity contribution in [3.8, 4) is 23.0 Å². The molecule has 0 spiro atoms. The summed E-state index contributed by atoms with van der Waals surface area (Å²) in [7, 11) is -2.28. The quantitative estimate of drug-likeness (QED) is 0.0292. The summed E-state index contributed by atoms with van der Waals surface area (Å²) in [4.78, 5) is 104. The summed E-state index contributed by atoms with van der Waals surface area (Å²) in [6.45, 7) is 37.0. The molecule has 0 bridgehead atoms. The maximum absolute atomic E-state index is 15.1. The lowest BCUT2D eigenvalue weighted by molar-refractivity contribution is -0.128. The fourth-order valence-corrected chi connectivity index (χ4v) is 13.3. The molecule has 7 rings (SSSR count). The normalized spacial score (nSPS) is 18.6. The number of nitrogens with one attached hydrogen (secondary N) is 3. The second-order valence-electron chi connectivity index (χ2n) is 27.3. The van der Waals surface area contributed by atoms with E-state index < -0.39 is 89.1 Å². The van der Waals surface area contributed by atoms with E-state index in [-0.39, 0.29) is 113 Å². The summed E-state index contributed by atoms with van der Waals surface area (Å²) in [6.07, 6.45) is 10.9. The molecule has 6 atom stereocenters. The number of carbonyl (C=O) groups excluding carboxylic acids is 7. The molecule has 520 valence electrons. The fraction of sp³-hybridized carbons (Fsp3) is 0.479. The van der Waals surface area contributed by atoms with Crippen molar-refractivity contribution in [2.45, 2.75) is 168 Å². The largest absolute Gasteiger partial charge is 0.493 e. The first-order valence-electron chi connectivity index (χ1n) is 32.4. The molecular formula is C71H97N7O16Si2. The number of hydrogen-bond acceptors (Lipinski definition) is 16. The van der Waals surface area contributed by atoms with Gasteiger partial charge in [0.1, 0.15) is 31.9 Å². The van der Waals surface area contributed by atoms with Gasteiger partial charge in [0, 0.05) is 36.6 Å². The first-order chi connectivity index (χ1) is 45.2. The van der Waals surface area contributed by atoms with Crippen LogP contribution in [0.1, 0.15) is 115 Å². The van der Waals surface area contributed by atoms with Gasteiger partial charge in [0.15, 0.2) is 45.9 Å². The van der Waals surface area contributed by atoms with E-state index in [1.54, 1.807) is 84.6 Å². The van der Waals surface area contributed by atoms with Gasteiger partial charge in [-0.15, -0.1) is 0 Å². The third kappa shape index (κ3) is 17.1. The van der Waals surface area contributed by atoms with Crippen molar-refractivity contribution >= 4 is 75.6 Å². The Morgan fingerprint density at radius 2 is 1.22 bits per heavy atom. The van der Waals surface area contributed by atoms with E-state index in [0.29, 0.717) is 17.7 Å². The number of anilines is 3. The summed E-state index contributed by atoms with van der Waals surface area (Å²) in [5.74, 6) is -1.30. The highest BCUT2D eigenvalue weighted by Gasteiger charge is 2.52. The minimum absolute atomic E-state index is 0.0388. The Hall–Kier alpha value is -8.66. The summed E-state index contributed by atoms with van der Waals surface area (Å²) in [5, 5.41) is 7.48. The van der Waals surface area contributed by atoms with Crippen molar-refractivity contribution in [2.75, 3.05) is 62.3 Å². The molecule has 4 heterocycles. The highest BCUT2D eigenvalue weighted by Crippen LogP contribution is 2.48. The van der Waals surface area contributed by atoms with Crippen LogP contribution < -0.4 is 44.7 Å². The first kappa shape index (κ1) is 74.7. The van der Waals surface area contributed by atoms with Gasteiger partial charge < -0.3 is 67.8 Å². The molecule has 3 N–H and O–H groups in total. The van der Waals surface area contributed by atoms with Crippen LogP contribution in [0.3, 0.4) is 0 Å². The molecule has 0 saturated heterocycles. The predicted molar refractivity (Wildman–Crippen MR) is 374 cm³/mol. The lowest BCUT2D eigenvalue weighted by atomic mass is 10.0. The zero-order valence-electron chi connectivity index (χ0n) is 58.7. The van der Waals surface area contributed by atoms with Gasteiger partial charge in [-0.1, -0.05) is 117 Å². The van der Waals surface area contributed by atoms with Gasteiger partial charge in [-0.05, 0) is 110 Å². The van der Waals surface area contributed by atoms with Gasteiger partial charge in [-0.2, -0.15) is 0 Å². The number of benzene rings is 3. The Labute approximate surface area is 567 Å². The maximum Gasteiger partial charge on any atom is 0.416 e. The van der Waals surface area contributed by atoms with Crippen LogP contribution in [0.25, 0.3) is 0 Å². The van der Waals surface area contributed by atoms with Crippen molar-refractivity contribution in [1.29, 1.82) is 0 Å². The minimum atomic E-state index is -2.67. The van der Waals surface area contributed by atoms with Gasteiger partial charge in [0.2, 0.25) is 11.8 Å². The highest BCUT2D eigenvalue weighted by molar-refractivity contribution is 6.74. The monoisotopic (exact) mass is 1360 g/mol. The zero-order chi connectivity index (χ0) is 70.8. The number of alkyl carbamates (subject to hydrolysis) is 1. The van der Waals surface area contributed by atoms with Gasteiger partial charge in [0.05, 0.1) is 74.7 Å². The topological polar surface area (TPSA) is 252 Å². The second kappa shape index (κ2) is 31.5. The van der Waals surface area contributed by atoms with E-state index in [4.69, 9.17) is 42.0 Å². The molecular weight excluding hydrogens is 1260 g/mol. The Kier molecular flexibility index (Phi) is 24.5. The highest BCUT2D eigenvalue weighted by atomic mass is 28.4. The molecule has 23 nitrogen and oxygen atoms in total. The number of nitrogens with zero attached hydrogens (tertiary/aromatic N) is 4. The molecule has 4 aliphatic rings. The van der Waals surface area contributed by atoms with Crippen LogP contribution in [0.4, 0.5) is 31.4 Å². The van der Waals surface area contributed by atoms with Crippen LogP contribution >= 0.6 is 0 Å². The number of hydrogen-bond donors (Lipinski definition) is 3. The van der Waals surface area contributed by atoms with Crippen molar-refractivity contribution in [1.82, 2.24) is 20.4 Å². The van der Waals surface area contributed by atoms with Crippen LogP contribution in [-0.4, -0.2) is 152 Å². The molecule has 25 heteroatoms. The van der Waals surface area contributed by atoms with Gasteiger partial charge in [-0.3, -0.25) is 24.1 Å². The molecule has 0 aliphatic carbocycles. The molecule has 7 amide bonds. The maximum atomic E-state index is 15.1. The van der Waals surface area contributed by atoms with E-state index in [1.807, 2.05) is 38.2 Å². The standard InChI is InChI=1S/C71H97N7O16Si2/c1-20-25-47-35-54-66(94-96(18,19)71(11,12)13)78(69(85)91-32-23-4)53-39-59(57(87-15)37-51(53)65(82)75(54)40-47)89-34-24-33-88-58-38-52-50(36-56(58)86-14)64(81)76-41-48(26-21-2)61(93-95(16,17)70(8,9)10)55(76)42-77(52)68(84)92-43-46-27-29-49(30-28-46)73-62(79)45(7)72-63(80)60(44(5)6)74-67(83)90-31-22-3/h20-23,25-30,36-41,44-45,54-55,60-61,66H,3-4,24,31-35,42-43H2,1-2,5-19H3,(H,72,80)(H,73,79)(H,74,83)/b25-20+,26-21+/t45-,54+,55+,60-,61?,66+/m1/s1. The Morgan fingerprint density at radius 3 is 1.77 bits per heavy atom. The van der Waals surface area contributed by atoms with E-state index in [2.05, 4.69) is 96.8 Å². The van der Waals surface area contributed by atoms with Crippen LogP contribution in [0, 0.1) is 5.92 Å². The Bertz CT molecular complexity index is 3530. The van der Waals surface area contributed by atoms with E-state index >= 15 is 4.79 Å². The fourth-order valence-electron chi connectivity index (χ4n) is 10.8. The first-order valence-corrected chi connectivity index (χ1v) is 38.2. The van der Waals surface area contributed by atoms with Gasteiger partial charge in [-0.25, -0.2) is 19.3 Å². The Morgan fingerprint density at radius 1 is 0.667 bits per heavy atom. The third-order valence-electron chi connectivity index (χ3n) is 18.1. The van der Waals surface area contributed by atoms with Gasteiger partial charge in [0.25, 0.3) is 11.8 Å². The average Bonchev–Trinajstić information content (AvgIpc) is 1.51. The average molecular weight is 1360 g/mol. The van der Waals surface area contributed by atoms with E-state index in [1.165, 1.54) is 43.1 Å². The van der Waals surface area contributed by atoms with Crippen molar-refractivity contribution < 1.29 is 75.6 Å². The second-order valence-corrected chi connectivity index (χ2v) is 36.8. The molecule has 4 aliphatic heterocycles. The SMILES string of the molecule is C=CCOC(=O)N[C@@H](C(=O)N[C@H](C)C(=O)Nc1ccc(COC(=O)N2C[C@H]3C(O[Si](C)(C)C(C)(C)C)C(/C=C/C)=CN3C(=O)c3cc(OC)c(OCCCOc4cc5c(cc4OC)C(=O)N4C=C(/C=C/C)C[C@H]4[C@H](O[Si](C)(C)C(C)(C)C)N5C(=O)OCC=C)cc32)cc1)C(C)C.